The number of hydrogen-bond donors (Lipinski definition) is 1. The van der Waals surface area contributed by atoms with Crippen molar-refractivity contribution in [3.8, 4) is 0 Å². The Hall–Kier alpha value is -0.410. The predicted molar refractivity (Wildman–Crippen MR) is 54.1 cm³/mol. The van der Waals surface area contributed by atoms with Gasteiger partial charge in [0.25, 0.3) is 0 Å². The highest BCUT2D eigenvalue weighted by Gasteiger charge is 2.28. The summed E-state index contributed by atoms with van der Waals surface area (Å²) in [7, 11) is 0. The lowest BCUT2D eigenvalue weighted by Gasteiger charge is -2.12. The van der Waals surface area contributed by atoms with Crippen LogP contribution in [0.3, 0.4) is 0 Å². The van der Waals surface area contributed by atoms with Crippen LogP contribution >= 0.6 is 11.3 Å². The average molecular weight is 199 g/mol. The molecule has 0 aliphatic carbocycles. The van der Waals surface area contributed by atoms with E-state index in [1.54, 1.807) is 11.3 Å². The van der Waals surface area contributed by atoms with Gasteiger partial charge in [-0.3, -0.25) is 4.39 Å². The van der Waals surface area contributed by atoms with Crippen molar-refractivity contribution in [2.75, 3.05) is 19.8 Å². The zero-order chi connectivity index (χ0) is 9.26. The average Bonchev–Trinajstić information content (AvgIpc) is 2.71. The molecule has 0 amide bonds. The third-order valence-corrected chi connectivity index (χ3v) is 3.80. The van der Waals surface area contributed by atoms with E-state index in [-0.39, 0.29) is 12.6 Å². The summed E-state index contributed by atoms with van der Waals surface area (Å²) in [6.07, 6.45) is 0. The van der Waals surface area contributed by atoms with Gasteiger partial charge in [-0.05, 0) is 19.1 Å². The molecule has 2 atom stereocenters. The van der Waals surface area contributed by atoms with E-state index < -0.39 is 0 Å². The van der Waals surface area contributed by atoms with Crippen molar-refractivity contribution >= 4 is 11.3 Å². The van der Waals surface area contributed by atoms with Crippen LogP contribution in [-0.2, 0) is 0 Å². The summed E-state index contributed by atoms with van der Waals surface area (Å²) in [5, 5.41) is 3.25. The maximum atomic E-state index is 12.6. The lowest BCUT2D eigenvalue weighted by molar-refractivity contribution is 0.360. The topological polar surface area (TPSA) is 12.0 Å². The second-order valence-corrected chi connectivity index (χ2v) is 4.95. The molecule has 1 N–H and O–H groups in total. The highest BCUT2D eigenvalue weighted by molar-refractivity contribution is 7.12. The van der Waals surface area contributed by atoms with E-state index >= 15 is 0 Å². The molecule has 1 aliphatic heterocycles. The molecule has 1 saturated heterocycles. The van der Waals surface area contributed by atoms with Gasteiger partial charge in [-0.1, -0.05) is 0 Å². The largest absolute Gasteiger partial charge is 0.316 e. The standard InChI is InChI=1S/C10H14FNS/c1-7-2-3-10(13-7)9-6-12-5-8(9)4-11/h2-3,8-9,12H,4-6H2,1H3/t8-,9-/m1/s1. The van der Waals surface area contributed by atoms with E-state index in [0.717, 1.165) is 13.1 Å². The summed E-state index contributed by atoms with van der Waals surface area (Å²) in [6.45, 7) is 3.67. The van der Waals surface area contributed by atoms with Crippen LogP contribution in [0.1, 0.15) is 15.7 Å². The second kappa shape index (κ2) is 3.76. The van der Waals surface area contributed by atoms with E-state index in [9.17, 15) is 4.39 Å². The molecule has 13 heavy (non-hydrogen) atoms. The number of halogens is 1. The number of thiophene rings is 1. The van der Waals surface area contributed by atoms with E-state index in [1.165, 1.54) is 9.75 Å². The molecule has 0 bridgehead atoms. The molecule has 0 saturated carbocycles. The fourth-order valence-electron chi connectivity index (χ4n) is 1.88. The summed E-state index contributed by atoms with van der Waals surface area (Å²) in [4.78, 5) is 2.66. The van der Waals surface area contributed by atoms with Gasteiger partial charge in [0.15, 0.2) is 0 Å². The van der Waals surface area contributed by atoms with Crippen molar-refractivity contribution in [2.45, 2.75) is 12.8 Å². The molecular weight excluding hydrogens is 185 g/mol. The third-order valence-electron chi connectivity index (χ3n) is 2.66. The Kier molecular flexibility index (Phi) is 2.65. The normalized spacial score (nSPS) is 28.2. The third kappa shape index (κ3) is 1.76. The Morgan fingerprint density at radius 2 is 2.38 bits per heavy atom. The van der Waals surface area contributed by atoms with Crippen molar-refractivity contribution in [3.63, 3.8) is 0 Å². The quantitative estimate of drug-likeness (QED) is 0.771. The van der Waals surface area contributed by atoms with Crippen LogP contribution in [0, 0.1) is 12.8 Å². The van der Waals surface area contributed by atoms with E-state index in [0.29, 0.717) is 5.92 Å². The van der Waals surface area contributed by atoms with Crippen LogP contribution in [0.15, 0.2) is 12.1 Å². The van der Waals surface area contributed by atoms with Gasteiger partial charge in [0.05, 0.1) is 6.67 Å². The minimum Gasteiger partial charge on any atom is -0.316 e. The molecule has 0 aromatic carbocycles. The maximum Gasteiger partial charge on any atom is 0.0941 e. The minimum atomic E-state index is -0.200. The fraction of sp³-hybridized carbons (Fsp3) is 0.600. The van der Waals surface area contributed by atoms with Gasteiger partial charge in [-0.2, -0.15) is 0 Å². The van der Waals surface area contributed by atoms with Crippen LogP contribution < -0.4 is 5.32 Å². The summed E-state index contributed by atoms with van der Waals surface area (Å²) in [5.74, 6) is 0.599. The van der Waals surface area contributed by atoms with Crippen LogP contribution in [-0.4, -0.2) is 19.8 Å². The lowest BCUT2D eigenvalue weighted by atomic mass is 9.96. The second-order valence-electron chi connectivity index (χ2n) is 3.63. The van der Waals surface area contributed by atoms with Gasteiger partial charge in [0.2, 0.25) is 0 Å². The van der Waals surface area contributed by atoms with E-state index in [1.807, 2.05) is 0 Å². The SMILES string of the molecule is Cc1ccc([C@@H]2CNC[C@H]2CF)s1. The summed E-state index contributed by atoms with van der Waals surface area (Å²) in [6, 6.07) is 4.26. The molecule has 2 rings (SSSR count). The highest BCUT2D eigenvalue weighted by Crippen LogP contribution is 2.32. The van der Waals surface area contributed by atoms with Gasteiger partial charge < -0.3 is 5.32 Å². The molecule has 1 nitrogen and oxygen atoms in total. The predicted octanol–water partition coefficient (Wildman–Crippen LogP) is 2.33. The molecule has 0 unspecified atom stereocenters. The Morgan fingerprint density at radius 1 is 1.54 bits per heavy atom. The summed E-state index contributed by atoms with van der Waals surface area (Å²) in [5.41, 5.74) is 0. The van der Waals surface area contributed by atoms with Gasteiger partial charge in [-0.25, -0.2) is 0 Å². The maximum absolute atomic E-state index is 12.6. The smallest absolute Gasteiger partial charge is 0.0941 e. The number of nitrogens with one attached hydrogen (secondary N) is 1. The lowest BCUT2D eigenvalue weighted by Crippen LogP contribution is -2.11. The number of hydrogen-bond acceptors (Lipinski definition) is 2. The summed E-state index contributed by atoms with van der Waals surface area (Å²) < 4.78 is 12.6. The zero-order valence-electron chi connectivity index (χ0n) is 7.72. The fourth-order valence-corrected chi connectivity index (χ4v) is 2.95. The Morgan fingerprint density at radius 3 is 3.00 bits per heavy atom. The monoisotopic (exact) mass is 199 g/mol. The van der Waals surface area contributed by atoms with Crippen LogP contribution in [0.4, 0.5) is 4.39 Å². The molecule has 0 radical (unpaired) electrons. The van der Waals surface area contributed by atoms with Gasteiger partial charge in [0.1, 0.15) is 0 Å². The van der Waals surface area contributed by atoms with Gasteiger partial charge >= 0.3 is 0 Å². The minimum absolute atomic E-state index is 0.193. The molecular formula is C10H14FNS. The molecule has 1 fully saturated rings. The molecule has 2 heterocycles. The first kappa shape index (κ1) is 9.16. The van der Waals surface area contributed by atoms with Crippen LogP contribution in [0.5, 0.6) is 0 Å². The van der Waals surface area contributed by atoms with E-state index in [2.05, 4.69) is 24.4 Å². The van der Waals surface area contributed by atoms with E-state index in [4.69, 9.17) is 0 Å². The summed E-state index contributed by atoms with van der Waals surface area (Å²) >= 11 is 1.80. The van der Waals surface area contributed by atoms with Crippen molar-refractivity contribution in [1.82, 2.24) is 5.32 Å². The number of alkyl halides is 1. The number of rotatable bonds is 2. The molecule has 0 spiro atoms. The van der Waals surface area contributed by atoms with Gasteiger partial charge in [-0.15, -0.1) is 11.3 Å². The molecule has 1 aromatic rings. The highest BCUT2D eigenvalue weighted by atomic mass is 32.1. The molecule has 1 aromatic heterocycles. The first-order valence-electron chi connectivity index (χ1n) is 4.64. The van der Waals surface area contributed by atoms with Crippen LogP contribution in [0.25, 0.3) is 0 Å². The van der Waals surface area contributed by atoms with Crippen LogP contribution in [0.2, 0.25) is 0 Å². The zero-order valence-corrected chi connectivity index (χ0v) is 8.53. The Balaban J connectivity index is 2.15. The first-order chi connectivity index (χ1) is 6.31. The molecule has 3 heteroatoms. The van der Waals surface area contributed by atoms with Crippen molar-refractivity contribution in [3.05, 3.63) is 21.9 Å². The van der Waals surface area contributed by atoms with Gasteiger partial charge in [0, 0.05) is 34.7 Å². The Bertz CT molecular complexity index is 284. The van der Waals surface area contributed by atoms with Crippen molar-refractivity contribution in [2.24, 2.45) is 5.92 Å². The van der Waals surface area contributed by atoms with Crippen molar-refractivity contribution in [1.29, 1.82) is 0 Å². The first-order valence-corrected chi connectivity index (χ1v) is 5.46. The van der Waals surface area contributed by atoms with Crippen molar-refractivity contribution < 1.29 is 4.39 Å². The molecule has 72 valence electrons. The Labute approximate surface area is 82.0 Å². The number of aryl methyl sites for hydroxylation is 1. The molecule has 1 aliphatic rings.